The van der Waals surface area contributed by atoms with Crippen molar-refractivity contribution < 1.29 is 28.5 Å². The normalized spacial score (nSPS) is 12.7. The second-order valence-corrected chi connectivity index (χ2v) is 6.38. The molecule has 0 aliphatic heterocycles. The Labute approximate surface area is 120 Å². The number of ether oxygens (including phenoxy) is 4. The maximum atomic E-state index is 12.2. The molecule has 0 aliphatic carbocycles. The molecule has 0 aliphatic rings. The quantitative estimate of drug-likeness (QED) is 0.437. The fourth-order valence-electron chi connectivity index (χ4n) is 1.42. The maximum Gasteiger partial charge on any atom is 0.326 e. The molecular weight excluding hydrogens is 264 g/mol. The zero-order valence-electron chi connectivity index (χ0n) is 13.6. The standard InChI is InChI=1S/C14H26O6/c1-13(2,3)19-10(15)9(12(17-7)18-8)11(16)20-14(4,5)6/h9,12H,1-8H3. The lowest BCUT2D eigenvalue weighted by atomic mass is 10.1. The summed E-state index contributed by atoms with van der Waals surface area (Å²) in [4.78, 5) is 24.3. The molecule has 0 rings (SSSR count). The van der Waals surface area contributed by atoms with Crippen molar-refractivity contribution in [3.8, 4) is 0 Å². The van der Waals surface area contributed by atoms with Crippen LogP contribution in [0.5, 0.6) is 0 Å². The van der Waals surface area contributed by atoms with E-state index in [0.29, 0.717) is 0 Å². The van der Waals surface area contributed by atoms with Gasteiger partial charge in [-0.05, 0) is 41.5 Å². The van der Waals surface area contributed by atoms with Gasteiger partial charge in [-0.1, -0.05) is 0 Å². The van der Waals surface area contributed by atoms with E-state index in [1.165, 1.54) is 14.2 Å². The van der Waals surface area contributed by atoms with Crippen molar-refractivity contribution >= 4 is 11.9 Å². The highest BCUT2D eigenvalue weighted by Gasteiger charge is 2.41. The van der Waals surface area contributed by atoms with E-state index in [0.717, 1.165) is 0 Å². The van der Waals surface area contributed by atoms with Crippen LogP contribution in [0.4, 0.5) is 0 Å². The summed E-state index contributed by atoms with van der Waals surface area (Å²) in [6, 6.07) is 0. The molecule has 0 saturated carbocycles. The summed E-state index contributed by atoms with van der Waals surface area (Å²) < 4.78 is 20.5. The van der Waals surface area contributed by atoms with Gasteiger partial charge in [-0.3, -0.25) is 9.59 Å². The molecule has 20 heavy (non-hydrogen) atoms. The first-order valence-electron chi connectivity index (χ1n) is 6.42. The van der Waals surface area contributed by atoms with Gasteiger partial charge in [0, 0.05) is 14.2 Å². The van der Waals surface area contributed by atoms with Crippen molar-refractivity contribution in [3.63, 3.8) is 0 Å². The van der Waals surface area contributed by atoms with E-state index in [-0.39, 0.29) is 0 Å². The molecule has 0 aromatic heterocycles. The summed E-state index contributed by atoms with van der Waals surface area (Å²) >= 11 is 0. The number of carbonyl (C=O) groups is 2. The zero-order valence-corrected chi connectivity index (χ0v) is 13.6. The zero-order chi connectivity index (χ0) is 16.1. The summed E-state index contributed by atoms with van der Waals surface area (Å²) in [6.45, 7) is 10.3. The molecular formula is C14H26O6. The Kier molecular flexibility index (Phi) is 6.64. The first kappa shape index (κ1) is 18.9. The SMILES string of the molecule is COC(OC)C(C(=O)OC(C)(C)C)C(=O)OC(C)(C)C. The molecule has 0 aromatic rings. The molecule has 0 N–H and O–H groups in total. The third-order valence-corrected chi connectivity index (χ3v) is 2.06. The van der Waals surface area contributed by atoms with Gasteiger partial charge in [-0.2, -0.15) is 0 Å². The Hall–Kier alpha value is -1.14. The average Bonchev–Trinajstić information content (AvgIpc) is 2.19. The average molecular weight is 290 g/mol. The van der Waals surface area contributed by atoms with Crippen LogP contribution in [0.15, 0.2) is 0 Å². The second kappa shape index (κ2) is 7.04. The van der Waals surface area contributed by atoms with Gasteiger partial charge < -0.3 is 18.9 Å². The molecule has 0 spiro atoms. The number of carbonyl (C=O) groups excluding carboxylic acids is 2. The minimum Gasteiger partial charge on any atom is -0.459 e. The number of methoxy groups -OCH3 is 2. The van der Waals surface area contributed by atoms with E-state index in [1.807, 2.05) is 0 Å². The van der Waals surface area contributed by atoms with E-state index in [4.69, 9.17) is 18.9 Å². The fraction of sp³-hybridized carbons (Fsp3) is 0.857. The molecule has 0 radical (unpaired) electrons. The first-order chi connectivity index (χ1) is 8.91. The van der Waals surface area contributed by atoms with Gasteiger partial charge >= 0.3 is 11.9 Å². The summed E-state index contributed by atoms with van der Waals surface area (Å²) in [5.41, 5.74) is -1.44. The molecule has 0 saturated heterocycles. The maximum absolute atomic E-state index is 12.2. The third-order valence-electron chi connectivity index (χ3n) is 2.06. The Bertz CT molecular complexity index is 305. The molecule has 118 valence electrons. The smallest absolute Gasteiger partial charge is 0.326 e. The van der Waals surface area contributed by atoms with Crippen LogP contribution in [0.2, 0.25) is 0 Å². The second-order valence-electron chi connectivity index (χ2n) is 6.38. The Morgan fingerprint density at radius 3 is 1.25 bits per heavy atom. The third kappa shape index (κ3) is 6.86. The number of hydrogen-bond acceptors (Lipinski definition) is 6. The lowest BCUT2D eigenvalue weighted by Gasteiger charge is -2.29. The van der Waals surface area contributed by atoms with Crippen molar-refractivity contribution in [2.45, 2.75) is 59.0 Å². The van der Waals surface area contributed by atoms with Gasteiger partial charge in [0.05, 0.1) is 0 Å². The van der Waals surface area contributed by atoms with Gasteiger partial charge in [-0.25, -0.2) is 0 Å². The molecule has 0 bridgehead atoms. The molecule has 6 heteroatoms. The first-order valence-corrected chi connectivity index (χ1v) is 6.42. The number of rotatable bonds is 5. The summed E-state index contributed by atoms with van der Waals surface area (Å²) in [5.74, 6) is -2.76. The van der Waals surface area contributed by atoms with Crippen LogP contribution in [0.3, 0.4) is 0 Å². The van der Waals surface area contributed by atoms with Crippen LogP contribution >= 0.6 is 0 Å². The summed E-state index contributed by atoms with van der Waals surface area (Å²) in [6.07, 6.45) is -1.06. The number of hydrogen-bond donors (Lipinski definition) is 0. The van der Waals surface area contributed by atoms with Gasteiger partial charge in [0.2, 0.25) is 5.92 Å². The molecule has 0 amide bonds. The molecule has 0 aromatic carbocycles. The molecule has 0 atom stereocenters. The van der Waals surface area contributed by atoms with Crippen molar-refractivity contribution in [2.75, 3.05) is 14.2 Å². The van der Waals surface area contributed by atoms with Crippen LogP contribution in [-0.2, 0) is 28.5 Å². The minimum absolute atomic E-state index is 0.719. The van der Waals surface area contributed by atoms with E-state index in [1.54, 1.807) is 41.5 Å². The van der Waals surface area contributed by atoms with Gasteiger partial charge in [0.25, 0.3) is 0 Å². The molecule has 0 fully saturated rings. The highest BCUT2D eigenvalue weighted by Crippen LogP contribution is 2.20. The summed E-state index contributed by atoms with van der Waals surface area (Å²) in [5, 5.41) is 0. The van der Waals surface area contributed by atoms with Crippen molar-refractivity contribution in [1.82, 2.24) is 0 Å². The van der Waals surface area contributed by atoms with E-state index in [2.05, 4.69) is 0 Å². The van der Waals surface area contributed by atoms with Gasteiger partial charge in [-0.15, -0.1) is 0 Å². The van der Waals surface area contributed by atoms with E-state index < -0.39 is 35.3 Å². The Balaban J connectivity index is 5.18. The van der Waals surface area contributed by atoms with Gasteiger partial charge in [0.1, 0.15) is 11.2 Å². The monoisotopic (exact) mass is 290 g/mol. The Morgan fingerprint density at radius 1 is 0.750 bits per heavy atom. The lowest BCUT2D eigenvalue weighted by Crippen LogP contribution is -2.44. The lowest BCUT2D eigenvalue weighted by molar-refractivity contribution is -0.201. The molecule has 0 heterocycles. The highest BCUT2D eigenvalue weighted by molar-refractivity contribution is 5.95. The van der Waals surface area contributed by atoms with E-state index in [9.17, 15) is 9.59 Å². The minimum atomic E-state index is -1.29. The van der Waals surface area contributed by atoms with Gasteiger partial charge in [0.15, 0.2) is 6.29 Å². The fourth-order valence-corrected chi connectivity index (χ4v) is 1.42. The van der Waals surface area contributed by atoms with E-state index >= 15 is 0 Å². The highest BCUT2D eigenvalue weighted by atomic mass is 16.7. The largest absolute Gasteiger partial charge is 0.459 e. The van der Waals surface area contributed by atoms with Crippen LogP contribution in [0.25, 0.3) is 0 Å². The van der Waals surface area contributed by atoms with Crippen LogP contribution in [-0.4, -0.2) is 43.7 Å². The van der Waals surface area contributed by atoms with Crippen molar-refractivity contribution in [1.29, 1.82) is 0 Å². The number of esters is 2. The predicted molar refractivity (Wildman–Crippen MR) is 73.0 cm³/mol. The topological polar surface area (TPSA) is 71.1 Å². The van der Waals surface area contributed by atoms with Crippen LogP contribution in [0.1, 0.15) is 41.5 Å². The summed E-state index contributed by atoms with van der Waals surface area (Å²) in [7, 11) is 2.69. The predicted octanol–water partition coefficient (Wildman–Crippen LogP) is 1.90. The van der Waals surface area contributed by atoms with Crippen molar-refractivity contribution in [2.24, 2.45) is 5.92 Å². The Morgan fingerprint density at radius 2 is 1.05 bits per heavy atom. The van der Waals surface area contributed by atoms with Crippen molar-refractivity contribution in [3.05, 3.63) is 0 Å². The molecule has 6 nitrogen and oxygen atoms in total. The molecule has 0 unspecified atom stereocenters. The van der Waals surface area contributed by atoms with Crippen LogP contribution in [0, 0.1) is 5.92 Å². The van der Waals surface area contributed by atoms with Crippen LogP contribution < -0.4 is 0 Å².